The molecule has 2 aromatic heterocycles. The predicted octanol–water partition coefficient (Wildman–Crippen LogP) is 2.53. The highest BCUT2D eigenvalue weighted by Crippen LogP contribution is 2.18. The smallest absolute Gasteiger partial charge is 0.205 e. The summed E-state index contributed by atoms with van der Waals surface area (Å²) in [6.45, 7) is 0.660. The molecule has 0 atom stereocenters. The molecule has 0 saturated carbocycles. The Morgan fingerprint density at radius 3 is 2.82 bits per heavy atom. The summed E-state index contributed by atoms with van der Waals surface area (Å²) in [6, 6.07) is 10.1. The highest BCUT2D eigenvalue weighted by molar-refractivity contribution is 6.29. The van der Waals surface area contributed by atoms with Crippen LogP contribution < -0.4 is 0 Å². The number of nitrogens with zero attached hydrogens (tertiary/aromatic N) is 4. The van der Waals surface area contributed by atoms with Crippen molar-refractivity contribution in [3.63, 3.8) is 0 Å². The highest BCUT2D eigenvalue weighted by Gasteiger charge is 2.09. The number of rotatable bonds is 2. The minimum Gasteiger partial charge on any atom is -0.295 e. The van der Waals surface area contributed by atoms with E-state index in [1.165, 1.54) is 6.33 Å². The van der Waals surface area contributed by atoms with Crippen LogP contribution in [0.4, 0.5) is 0 Å². The molecular formula is C12H9ClN4. The Balaban J connectivity index is 2.08. The molecule has 0 aliphatic heterocycles. The first-order valence-corrected chi connectivity index (χ1v) is 5.58. The third-order valence-electron chi connectivity index (χ3n) is 2.55. The molecule has 0 aliphatic carbocycles. The average molecular weight is 245 g/mol. The number of fused-ring (bicyclic) bond motifs is 1. The van der Waals surface area contributed by atoms with Gasteiger partial charge in [0.1, 0.15) is 11.8 Å². The summed E-state index contributed by atoms with van der Waals surface area (Å²) in [7, 11) is 0. The molecule has 0 spiro atoms. The second-order valence-electron chi connectivity index (χ2n) is 3.68. The molecule has 3 aromatic rings. The van der Waals surface area contributed by atoms with Gasteiger partial charge in [0.2, 0.25) is 5.28 Å². The molecule has 0 aliphatic rings. The lowest BCUT2D eigenvalue weighted by molar-refractivity contribution is 0.814. The van der Waals surface area contributed by atoms with Crippen LogP contribution >= 0.6 is 11.6 Å². The van der Waals surface area contributed by atoms with Gasteiger partial charge in [0.05, 0.1) is 12.7 Å². The van der Waals surface area contributed by atoms with Crippen LogP contribution in [0.1, 0.15) is 5.56 Å². The molecule has 0 N–H and O–H groups in total. The van der Waals surface area contributed by atoms with E-state index in [4.69, 9.17) is 11.6 Å². The Kier molecular flexibility index (Phi) is 2.49. The van der Waals surface area contributed by atoms with E-state index < -0.39 is 0 Å². The standard InChI is InChI=1S/C12H9ClN4/c13-12-16-10-6-14-8-15-11(10)17(12)7-9-4-2-1-3-5-9/h1-6,8H,7H2. The van der Waals surface area contributed by atoms with Gasteiger partial charge < -0.3 is 0 Å². The van der Waals surface area contributed by atoms with Crippen LogP contribution in [0.5, 0.6) is 0 Å². The third-order valence-corrected chi connectivity index (χ3v) is 2.84. The monoisotopic (exact) mass is 244 g/mol. The van der Waals surface area contributed by atoms with E-state index in [1.54, 1.807) is 6.20 Å². The first-order chi connectivity index (χ1) is 8.34. The number of halogens is 1. The molecule has 84 valence electrons. The average Bonchev–Trinajstić information content (AvgIpc) is 2.68. The summed E-state index contributed by atoms with van der Waals surface area (Å²) in [5.41, 5.74) is 2.63. The van der Waals surface area contributed by atoms with E-state index in [0.717, 1.165) is 11.2 Å². The molecule has 4 nitrogen and oxygen atoms in total. The molecule has 0 unspecified atom stereocenters. The quantitative estimate of drug-likeness (QED) is 0.651. The van der Waals surface area contributed by atoms with Crippen molar-refractivity contribution in [2.45, 2.75) is 6.54 Å². The van der Waals surface area contributed by atoms with Crippen molar-refractivity contribution in [1.82, 2.24) is 19.5 Å². The zero-order valence-electron chi connectivity index (χ0n) is 8.92. The van der Waals surface area contributed by atoms with Gasteiger partial charge in [-0.1, -0.05) is 30.3 Å². The van der Waals surface area contributed by atoms with Crippen molar-refractivity contribution in [3.05, 3.63) is 53.7 Å². The minimum absolute atomic E-state index is 0.435. The summed E-state index contributed by atoms with van der Waals surface area (Å²) < 4.78 is 1.87. The van der Waals surface area contributed by atoms with E-state index in [9.17, 15) is 0 Å². The van der Waals surface area contributed by atoms with Crippen molar-refractivity contribution >= 4 is 22.8 Å². The number of benzene rings is 1. The van der Waals surface area contributed by atoms with E-state index in [1.807, 2.05) is 34.9 Å². The number of hydrogen-bond acceptors (Lipinski definition) is 3. The second kappa shape index (κ2) is 4.14. The fraction of sp³-hybridized carbons (Fsp3) is 0.0833. The zero-order valence-corrected chi connectivity index (χ0v) is 9.67. The van der Waals surface area contributed by atoms with Gasteiger partial charge in [-0.2, -0.15) is 0 Å². The van der Waals surface area contributed by atoms with Gasteiger partial charge in [0, 0.05) is 0 Å². The maximum atomic E-state index is 6.10. The fourth-order valence-electron chi connectivity index (χ4n) is 1.76. The van der Waals surface area contributed by atoms with Gasteiger partial charge in [-0.3, -0.25) is 4.57 Å². The maximum Gasteiger partial charge on any atom is 0.205 e. The molecule has 0 amide bonds. The van der Waals surface area contributed by atoms with E-state index >= 15 is 0 Å². The predicted molar refractivity (Wildman–Crippen MR) is 65.9 cm³/mol. The molecule has 17 heavy (non-hydrogen) atoms. The van der Waals surface area contributed by atoms with Gasteiger partial charge in [0.15, 0.2) is 5.65 Å². The minimum atomic E-state index is 0.435. The van der Waals surface area contributed by atoms with E-state index in [-0.39, 0.29) is 0 Å². The first-order valence-electron chi connectivity index (χ1n) is 5.20. The normalized spacial score (nSPS) is 10.9. The summed E-state index contributed by atoms with van der Waals surface area (Å²) in [5.74, 6) is 0. The summed E-state index contributed by atoms with van der Waals surface area (Å²) >= 11 is 6.10. The first kappa shape index (κ1) is 10.2. The topological polar surface area (TPSA) is 43.6 Å². The van der Waals surface area contributed by atoms with Crippen molar-refractivity contribution in [2.24, 2.45) is 0 Å². The molecule has 5 heteroatoms. The van der Waals surface area contributed by atoms with Gasteiger partial charge in [-0.05, 0) is 17.2 Å². The van der Waals surface area contributed by atoms with Crippen molar-refractivity contribution < 1.29 is 0 Å². The number of hydrogen-bond donors (Lipinski definition) is 0. The van der Waals surface area contributed by atoms with Gasteiger partial charge in [-0.15, -0.1) is 0 Å². The molecule has 3 rings (SSSR count). The Labute approximate surface area is 103 Å². The van der Waals surface area contributed by atoms with Crippen molar-refractivity contribution in [2.75, 3.05) is 0 Å². The summed E-state index contributed by atoms with van der Waals surface area (Å²) in [4.78, 5) is 12.3. The Morgan fingerprint density at radius 2 is 2.00 bits per heavy atom. The zero-order chi connectivity index (χ0) is 11.7. The summed E-state index contributed by atoms with van der Waals surface area (Å²) in [6.07, 6.45) is 3.16. The van der Waals surface area contributed by atoms with Crippen molar-refractivity contribution in [1.29, 1.82) is 0 Å². The van der Waals surface area contributed by atoms with Crippen LogP contribution in [-0.2, 0) is 6.54 Å². The molecule has 2 heterocycles. The Bertz CT molecular complexity index is 648. The molecule has 0 fully saturated rings. The lowest BCUT2D eigenvalue weighted by atomic mass is 10.2. The highest BCUT2D eigenvalue weighted by atomic mass is 35.5. The lowest BCUT2D eigenvalue weighted by Gasteiger charge is -2.04. The van der Waals surface area contributed by atoms with Crippen LogP contribution in [0.2, 0.25) is 5.28 Å². The second-order valence-corrected chi connectivity index (χ2v) is 4.02. The van der Waals surface area contributed by atoms with Crippen LogP contribution in [0.25, 0.3) is 11.2 Å². The van der Waals surface area contributed by atoms with Gasteiger partial charge >= 0.3 is 0 Å². The molecule has 1 aromatic carbocycles. The van der Waals surface area contributed by atoms with Crippen LogP contribution in [0.3, 0.4) is 0 Å². The lowest BCUT2D eigenvalue weighted by Crippen LogP contribution is -2.00. The van der Waals surface area contributed by atoms with Gasteiger partial charge in [-0.25, -0.2) is 15.0 Å². The largest absolute Gasteiger partial charge is 0.295 e. The fourth-order valence-corrected chi connectivity index (χ4v) is 1.99. The summed E-state index contributed by atoms with van der Waals surface area (Å²) in [5, 5.41) is 0.435. The number of imidazole rings is 1. The molecule has 0 radical (unpaired) electrons. The third kappa shape index (κ3) is 1.87. The molecular weight excluding hydrogens is 236 g/mol. The SMILES string of the molecule is Clc1nc2cncnc2n1Cc1ccccc1. The number of aromatic nitrogens is 4. The van der Waals surface area contributed by atoms with Crippen LogP contribution in [0, 0.1) is 0 Å². The Hall–Kier alpha value is -1.94. The Morgan fingerprint density at radius 1 is 1.18 bits per heavy atom. The van der Waals surface area contributed by atoms with E-state index in [2.05, 4.69) is 15.0 Å². The van der Waals surface area contributed by atoms with Crippen LogP contribution in [-0.4, -0.2) is 19.5 Å². The van der Waals surface area contributed by atoms with E-state index in [0.29, 0.717) is 17.3 Å². The van der Waals surface area contributed by atoms with Crippen molar-refractivity contribution in [3.8, 4) is 0 Å². The molecule has 0 saturated heterocycles. The van der Waals surface area contributed by atoms with Crippen LogP contribution in [0.15, 0.2) is 42.9 Å². The molecule has 0 bridgehead atoms. The van der Waals surface area contributed by atoms with Gasteiger partial charge in [0.25, 0.3) is 0 Å². The maximum absolute atomic E-state index is 6.10.